The van der Waals surface area contributed by atoms with Crippen molar-refractivity contribution >= 4 is 35.8 Å². The third-order valence-electron chi connectivity index (χ3n) is 4.25. The number of hydrogen-bond acceptors (Lipinski definition) is 2. The first kappa shape index (κ1) is 22.6. The van der Waals surface area contributed by atoms with Crippen LogP contribution in [0.2, 0.25) is 0 Å². The normalized spacial score (nSPS) is 17.2. The summed E-state index contributed by atoms with van der Waals surface area (Å²) in [5.74, 6) is -0.101. The van der Waals surface area contributed by atoms with Crippen molar-refractivity contribution < 1.29 is 13.6 Å². The topological polar surface area (TPSA) is 56.7 Å². The highest BCUT2D eigenvalue weighted by atomic mass is 127. The predicted molar refractivity (Wildman–Crippen MR) is 110 cm³/mol. The molecule has 1 aromatic rings. The molecule has 146 valence electrons. The van der Waals surface area contributed by atoms with Crippen molar-refractivity contribution in [3.8, 4) is 0 Å². The van der Waals surface area contributed by atoms with Crippen LogP contribution in [0.25, 0.3) is 0 Å². The highest BCUT2D eigenvalue weighted by molar-refractivity contribution is 14.0. The largest absolute Gasteiger partial charge is 0.356 e. The Morgan fingerprint density at radius 1 is 1.38 bits per heavy atom. The summed E-state index contributed by atoms with van der Waals surface area (Å²) in [5.41, 5.74) is 0.331. The van der Waals surface area contributed by atoms with Gasteiger partial charge in [-0.25, -0.2) is 8.78 Å². The van der Waals surface area contributed by atoms with Gasteiger partial charge in [-0.2, -0.15) is 0 Å². The summed E-state index contributed by atoms with van der Waals surface area (Å²) >= 11 is 0. The Hall–Kier alpha value is -1.45. The average molecular weight is 480 g/mol. The van der Waals surface area contributed by atoms with Crippen LogP contribution in [-0.2, 0) is 11.2 Å². The summed E-state index contributed by atoms with van der Waals surface area (Å²) in [6.07, 6.45) is 1.21. The second kappa shape index (κ2) is 10.6. The second-order valence-corrected chi connectivity index (χ2v) is 6.55. The first-order chi connectivity index (χ1) is 11.9. The van der Waals surface area contributed by atoms with Crippen LogP contribution in [0.1, 0.15) is 25.8 Å². The lowest BCUT2D eigenvalue weighted by molar-refractivity contribution is -0.133. The number of halogens is 3. The maximum atomic E-state index is 13.6. The molecular weight excluding hydrogens is 453 g/mol. The van der Waals surface area contributed by atoms with Crippen LogP contribution in [0.5, 0.6) is 0 Å². The second-order valence-electron chi connectivity index (χ2n) is 6.55. The van der Waals surface area contributed by atoms with Gasteiger partial charge in [0.2, 0.25) is 5.91 Å². The van der Waals surface area contributed by atoms with Crippen molar-refractivity contribution in [3.05, 3.63) is 35.4 Å². The Morgan fingerprint density at radius 3 is 2.77 bits per heavy atom. The zero-order valence-electron chi connectivity index (χ0n) is 15.4. The Morgan fingerprint density at radius 2 is 2.12 bits per heavy atom. The van der Waals surface area contributed by atoms with E-state index in [1.807, 2.05) is 18.7 Å². The van der Waals surface area contributed by atoms with E-state index >= 15 is 0 Å². The van der Waals surface area contributed by atoms with Crippen LogP contribution in [0.4, 0.5) is 8.78 Å². The summed E-state index contributed by atoms with van der Waals surface area (Å²) in [6.45, 7) is 5.61. The molecule has 1 aliphatic heterocycles. The van der Waals surface area contributed by atoms with Gasteiger partial charge in [0.05, 0.1) is 0 Å². The van der Waals surface area contributed by atoms with Crippen molar-refractivity contribution in [1.82, 2.24) is 15.5 Å². The molecule has 0 aromatic heterocycles. The lowest BCUT2D eigenvalue weighted by Gasteiger charge is -2.20. The number of amides is 1. The van der Waals surface area contributed by atoms with Crippen LogP contribution in [0.3, 0.4) is 0 Å². The first-order valence-electron chi connectivity index (χ1n) is 8.60. The number of rotatable bonds is 5. The zero-order chi connectivity index (χ0) is 18.4. The Labute approximate surface area is 170 Å². The Bertz CT molecular complexity index is 640. The summed E-state index contributed by atoms with van der Waals surface area (Å²) < 4.78 is 26.8. The molecule has 0 saturated carbocycles. The summed E-state index contributed by atoms with van der Waals surface area (Å²) in [7, 11) is 1.66. The fourth-order valence-electron chi connectivity index (χ4n) is 2.88. The molecule has 1 unspecified atom stereocenters. The first-order valence-corrected chi connectivity index (χ1v) is 8.60. The van der Waals surface area contributed by atoms with E-state index in [0.29, 0.717) is 31.0 Å². The Balaban J connectivity index is 0.00000338. The summed E-state index contributed by atoms with van der Waals surface area (Å²) in [6, 6.07) is 3.59. The van der Waals surface area contributed by atoms with E-state index in [1.54, 1.807) is 7.05 Å². The van der Waals surface area contributed by atoms with E-state index in [9.17, 15) is 13.6 Å². The van der Waals surface area contributed by atoms with Gasteiger partial charge >= 0.3 is 0 Å². The van der Waals surface area contributed by atoms with E-state index in [4.69, 9.17) is 0 Å². The molecule has 5 nitrogen and oxygen atoms in total. The van der Waals surface area contributed by atoms with Gasteiger partial charge in [0, 0.05) is 38.6 Å². The third-order valence-corrected chi connectivity index (χ3v) is 4.25. The van der Waals surface area contributed by atoms with Gasteiger partial charge in [-0.1, -0.05) is 13.8 Å². The number of aliphatic imine (C=N–C) groups is 1. The van der Waals surface area contributed by atoms with Crippen molar-refractivity contribution in [2.45, 2.75) is 32.7 Å². The number of benzene rings is 1. The zero-order valence-corrected chi connectivity index (χ0v) is 17.7. The van der Waals surface area contributed by atoms with Crippen LogP contribution in [-0.4, -0.2) is 49.5 Å². The summed E-state index contributed by atoms with van der Waals surface area (Å²) in [4.78, 5) is 18.0. The van der Waals surface area contributed by atoms with Crippen molar-refractivity contribution in [2.24, 2.45) is 10.9 Å². The highest BCUT2D eigenvalue weighted by Crippen LogP contribution is 2.13. The third kappa shape index (κ3) is 6.37. The molecule has 8 heteroatoms. The maximum absolute atomic E-state index is 13.6. The van der Waals surface area contributed by atoms with Crippen LogP contribution in [0.15, 0.2) is 23.2 Å². The number of carbonyl (C=O) groups is 1. The van der Waals surface area contributed by atoms with E-state index in [0.717, 1.165) is 25.1 Å². The van der Waals surface area contributed by atoms with Crippen molar-refractivity contribution in [3.63, 3.8) is 0 Å². The molecular formula is C18H27F2IN4O. The van der Waals surface area contributed by atoms with Gasteiger partial charge in [0.25, 0.3) is 0 Å². The molecule has 26 heavy (non-hydrogen) atoms. The molecule has 0 radical (unpaired) electrons. The van der Waals surface area contributed by atoms with E-state index in [1.165, 1.54) is 6.07 Å². The number of hydrogen-bond donors (Lipinski definition) is 2. The lowest BCUT2D eigenvalue weighted by Crippen LogP contribution is -2.45. The fourth-order valence-corrected chi connectivity index (χ4v) is 2.88. The molecule has 2 N–H and O–H groups in total. The van der Waals surface area contributed by atoms with Crippen LogP contribution < -0.4 is 10.6 Å². The molecule has 0 aliphatic carbocycles. The number of carbonyl (C=O) groups excluding carboxylic acids is 1. The van der Waals surface area contributed by atoms with Gasteiger partial charge in [-0.3, -0.25) is 9.79 Å². The average Bonchev–Trinajstić information content (AvgIpc) is 3.04. The minimum absolute atomic E-state index is 0. The van der Waals surface area contributed by atoms with E-state index in [2.05, 4.69) is 15.6 Å². The number of guanidine groups is 1. The van der Waals surface area contributed by atoms with Gasteiger partial charge in [-0.05, 0) is 36.6 Å². The molecule has 1 saturated heterocycles. The van der Waals surface area contributed by atoms with Gasteiger partial charge in [-0.15, -0.1) is 24.0 Å². The smallest absolute Gasteiger partial charge is 0.225 e. The van der Waals surface area contributed by atoms with Crippen LogP contribution in [0, 0.1) is 17.6 Å². The molecule has 0 spiro atoms. The maximum Gasteiger partial charge on any atom is 0.225 e. The minimum Gasteiger partial charge on any atom is -0.356 e. The molecule has 2 rings (SSSR count). The SMILES string of the molecule is CN=C(NCCc1cc(F)ccc1F)NC1CCN(C(=O)C(C)C)C1.I. The monoisotopic (exact) mass is 480 g/mol. The van der Waals surface area contributed by atoms with E-state index in [-0.39, 0.29) is 41.8 Å². The highest BCUT2D eigenvalue weighted by Gasteiger charge is 2.27. The molecule has 1 fully saturated rings. The molecule has 0 bridgehead atoms. The summed E-state index contributed by atoms with van der Waals surface area (Å²) in [5, 5.41) is 6.38. The van der Waals surface area contributed by atoms with E-state index < -0.39 is 11.6 Å². The number of nitrogens with zero attached hydrogens (tertiary/aromatic N) is 2. The minimum atomic E-state index is -0.445. The fraction of sp³-hybridized carbons (Fsp3) is 0.556. The lowest BCUT2D eigenvalue weighted by atomic mass is 10.1. The quantitative estimate of drug-likeness (QED) is 0.387. The van der Waals surface area contributed by atoms with Crippen LogP contribution >= 0.6 is 24.0 Å². The van der Waals surface area contributed by atoms with Gasteiger partial charge in [0.1, 0.15) is 11.6 Å². The molecule has 1 heterocycles. The number of likely N-dealkylation sites (tertiary alicyclic amines) is 1. The number of nitrogens with one attached hydrogen (secondary N) is 2. The molecule has 1 amide bonds. The van der Waals surface area contributed by atoms with Crippen molar-refractivity contribution in [2.75, 3.05) is 26.7 Å². The van der Waals surface area contributed by atoms with Gasteiger partial charge in [0.15, 0.2) is 5.96 Å². The van der Waals surface area contributed by atoms with Gasteiger partial charge < -0.3 is 15.5 Å². The molecule has 1 aliphatic rings. The van der Waals surface area contributed by atoms with Crippen molar-refractivity contribution in [1.29, 1.82) is 0 Å². The standard InChI is InChI=1S/C18H26F2N4O.HI/c1-12(2)17(25)24-9-7-15(11-24)23-18(21-3)22-8-6-13-10-14(19)4-5-16(13)20;/h4-5,10,12,15H,6-9,11H2,1-3H3,(H2,21,22,23);1H. The Kier molecular flexibility index (Phi) is 9.24. The molecule has 1 aromatic carbocycles. The predicted octanol–water partition coefficient (Wildman–Crippen LogP) is 2.55. The molecule has 1 atom stereocenters.